The molecule has 5 nitrogen and oxygen atoms in total. The molecular weight excluding hydrogens is 278 g/mol. The molecule has 0 aromatic rings. The normalized spacial score (nSPS) is 27.0. The Morgan fingerprint density at radius 1 is 0.909 bits per heavy atom. The Bertz CT molecular complexity index is 268. The molecule has 22 heavy (non-hydrogen) atoms. The average Bonchev–Trinajstić information content (AvgIpc) is 2.55. The minimum atomic E-state index is -0.357. The van der Waals surface area contributed by atoms with E-state index in [2.05, 4.69) is 11.7 Å². The van der Waals surface area contributed by atoms with E-state index in [4.69, 9.17) is 5.11 Å². The zero-order valence-electron chi connectivity index (χ0n) is 14.6. The van der Waals surface area contributed by atoms with Gasteiger partial charge < -0.3 is 24.8 Å². The molecule has 2 aliphatic rings. The zero-order valence-corrected chi connectivity index (χ0v) is 14.6. The molecule has 0 unspecified atom stereocenters. The highest BCUT2D eigenvalue weighted by Crippen LogP contribution is 2.19. The van der Waals surface area contributed by atoms with Gasteiger partial charge in [0.1, 0.15) is 0 Å². The number of hydrogen-bond donors (Lipinski definition) is 3. The van der Waals surface area contributed by atoms with Gasteiger partial charge in [0.2, 0.25) is 0 Å². The third-order valence-electron chi connectivity index (χ3n) is 4.99. The Labute approximate surface area is 137 Å². The third-order valence-corrected chi connectivity index (χ3v) is 4.99. The molecule has 2 atom stereocenters. The fraction of sp³-hybridized carbons (Fsp3) is 1.00. The predicted octanol–water partition coefficient (Wildman–Crippen LogP) is 1.02. The molecule has 0 radical (unpaired) electrons. The topological polar surface area (TPSA) is 67.2 Å². The molecule has 7 heteroatoms. The first kappa shape index (κ1) is 20.0. The van der Waals surface area contributed by atoms with Crippen molar-refractivity contribution in [1.29, 1.82) is 0 Å². The number of nitrogens with zero attached hydrogens (tertiary/aromatic N) is 2. The summed E-state index contributed by atoms with van der Waals surface area (Å²) in [4.78, 5) is 4.17. The van der Waals surface area contributed by atoms with Gasteiger partial charge in [0, 0.05) is 6.61 Å². The van der Waals surface area contributed by atoms with Gasteiger partial charge in [-0.2, -0.15) is 0 Å². The van der Waals surface area contributed by atoms with E-state index in [-0.39, 0.29) is 20.7 Å². The van der Waals surface area contributed by atoms with Crippen LogP contribution in [0.15, 0.2) is 0 Å². The molecule has 2 saturated heterocycles. The SMILES string of the molecule is CB(O)N1CCC[C@H](CO)C1.CC[C@H]1CCCN(B(C)O)C1. The molecule has 0 spiro atoms. The molecule has 3 N–H and O–H groups in total. The summed E-state index contributed by atoms with van der Waals surface area (Å²) in [6.45, 7) is 10.1. The van der Waals surface area contributed by atoms with Gasteiger partial charge in [-0.15, -0.1) is 0 Å². The maximum Gasteiger partial charge on any atom is 0.376 e. The summed E-state index contributed by atoms with van der Waals surface area (Å²) in [5.74, 6) is 1.19. The van der Waals surface area contributed by atoms with Crippen LogP contribution in [0.1, 0.15) is 39.0 Å². The first-order valence-corrected chi connectivity index (χ1v) is 8.93. The van der Waals surface area contributed by atoms with Crippen LogP contribution in [-0.4, -0.2) is 71.7 Å². The van der Waals surface area contributed by atoms with Crippen molar-refractivity contribution < 1.29 is 15.2 Å². The fourth-order valence-electron chi connectivity index (χ4n) is 3.36. The Hall–Kier alpha value is -0.0701. The Kier molecular flexibility index (Phi) is 9.68. The van der Waals surface area contributed by atoms with Crippen LogP contribution in [0.3, 0.4) is 0 Å². The Morgan fingerprint density at radius 2 is 1.36 bits per heavy atom. The summed E-state index contributed by atoms with van der Waals surface area (Å²) in [5.41, 5.74) is 0. The first-order chi connectivity index (χ1) is 10.5. The number of rotatable bonds is 4. The fourth-order valence-corrected chi connectivity index (χ4v) is 3.36. The van der Waals surface area contributed by atoms with E-state index in [9.17, 15) is 10.0 Å². The molecule has 2 aliphatic heterocycles. The van der Waals surface area contributed by atoms with Crippen molar-refractivity contribution >= 4 is 14.1 Å². The third kappa shape index (κ3) is 7.00. The van der Waals surface area contributed by atoms with Crippen LogP contribution in [0.5, 0.6) is 0 Å². The zero-order chi connectivity index (χ0) is 16.5. The van der Waals surface area contributed by atoms with E-state index in [1.54, 1.807) is 6.82 Å². The molecule has 0 bridgehead atoms. The van der Waals surface area contributed by atoms with Gasteiger partial charge in [-0.3, -0.25) is 0 Å². The smallest absolute Gasteiger partial charge is 0.376 e. The van der Waals surface area contributed by atoms with Crippen LogP contribution in [-0.2, 0) is 0 Å². The van der Waals surface area contributed by atoms with Gasteiger partial charge in [0.15, 0.2) is 0 Å². The van der Waals surface area contributed by atoms with Gasteiger partial charge >= 0.3 is 14.1 Å². The van der Waals surface area contributed by atoms with Crippen molar-refractivity contribution in [1.82, 2.24) is 9.62 Å². The summed E-state index contributed by atoms with van der Waals surface area (Å²) >= 11 is 0. The van der Waals surface area contributed by atoms with Crippen LogP contribution < -0.4 is 0 Å². The van der Waals surface area contributed by atoms with Crippen molar-refractivity contribution in [3.8, 4) is 0 Å². The van der Waals surface area contributed by atoms with E-state index in [1.807, 2.05) is 11.6 Å². The van der Waals surface area contributed by atoms with E-state index >= 15 is 0 Å². The summed E-state index contributed by atoms with van der Waals surface area (Å²) in [7, 11) is -0.603. The Morgan fingerprint density at radius 3 is 1.77 bits per heavy atom. The van der Waals surface area contributed by atoms with Crippen LogP contribution in [0.4, 0.5) is 0 Å². The molecule has 0 aliphatic carbocycles. The van der Waals surface area contributed by atoms with Crippen molar-refractivity contribution in [2.75, 3.05) is 32.8 Å². The minimum absolute atomic E-state index is 0.246. The lowest BCUT2D eigenvalue weighted by molar-refractivity contribution is 0.156. The maximum atomic E-state index is 9.32. The molecule has 2 rings (SSSR count). The lowest BCUT2D eigenvalue weighted by atomic mass is 9.80. The standard InChI is InChI=1S/C8H18BNO.C7H16BNO2/c1-3-8-5-4-6-10(7-8)9(2)11;1-8(11)9-4-2-3-7(5-9)6-10/h8,11H,3-7H2,1-2H3;7,10-11H,2-6H2,1H3/t8-;7-/m00/s1. The van der Waals surface area contributed by atoms with Crippen molar-refractivity contribution in [3.05, 3.63) is 0 Å². The van der Waals surface area contributed by atoms with Gasteiger partial charge in [0.05, 0.1) is 0 Å². The number of piperidine rings is 2. The molecule has 2 heterocycles. The van der Waals surface area contributed by atoms with Crippen LogP contribution >= 0.6 is 0 Å². The Balaban J connectivity index is 0.000000220. The van der Waals surface area contributed by atoms with Crippen molar-refractivity contribution in [2.45, 2.75) is 52.7 Å². The van der Waals surface area contributed by atoms with Crippen molar-refractivity contribution in [3.63, 3.8) is 0 Å². The minimum Gasteiger partial charge on any atom is -0.437 e. The molecule has 0 saturated carbocycles. The summed E-state index contributed by atoms with van der Waals surface area (Å²) in [5, 5.41) is 27.4. The van der Waals surface area contributed by atoms with E-state index in [0.29, 0.717) is 5.92 Å². The number of aliphatic hydroxyl groups excluding tert-OH is 1. The molecule has 2 fully saturated rings. The summed E-state index contributed by atoms with van der Waals surface area (Å²) in [6, 6.07) is 0. The average molecular weight is 312 g/mol. The predicted molar refractivity (Wildman–Crippen MR) is 93.6 cm³/mol. The molecule has 0 aromatic heterocycles. The molecule has 0 aromatic carbocycles. The second-order valence-corrected chi connectivity index (χ2v) is 6.86. The summed E-state index contributed by atoms with van der Waals surface area (Å²) in [6.07, 6.45) is 6.04. The van der Waals surface area contributed by atoms with Crippen LogP contribution in [0.2, 0.25) is 13.6 Å². The lowest BCUT2D eigenvalue weighted by Crippen LogP contribution is -2.44. The van der Waals surface area contributed by atoms with Gasteiger partial charge in [0.25, 0.3) is 0 Å². The van der Waals surface area contributed by atoms with E-state index in [0.717, 1.165) is 44.9 Å². The second kappa shape index (κ2) is 10.7. The quantitative estimate of drug-likeness (QED) is 0.676. The van der Waals surface area contributed by atoms with Crippen LogP contribution in [0.25, 0.3) is 0 Å². The number of hydrogen-bond acceptors (Lipinski definition) is 5. The maximum absolute atomic E-state index is 9.32. The van der Waals surface area contributed by atoms with Crippen LogP contribution in [0, 0.1) is 11.8 Å². The highest BCUT2D eigenvalue weighted by atomic mass is 16.3. The van der Waals surface area contributed by atoms with E-state index in [1.165, 1.54) is 19.3 Å². The molecule has 128 valence electrons. The monoisotopic (exact) mass is 312 g/mol. The molecular formula is C15H34B2N2O3. The molecule has 0 amide bonds. The highest BCUT2D eigenvalue weighted by molar-refractivity contribution is 6.45. The lowest BCUT2D eigenvalue weighted by Gasteiger charge is -2.32. The first-order valence-electron chi connectivity index (χ1n) is 8.93. The van der Waals surface area contributed by atoms with Gasteiger partial charge in [-0.05, 0) is 77.3 Å². The highest BCUT2D eigenvalue weighted by Gasteiger charge is 2.24. The van der Waals surface area contributed by atoms with Crippen molar-refractivity contribution in [2.24, 2.45) is 11.8 Å². The largest absolute Gasteiger partial charge is 0.437 e. The second-order valence-electron chi connectivity index (χ2n) is 6.86. The number of aliphatic hydroxyl groups is 1. The summed E-state index contributed by atoms with van der Waals surface area (Å²) < 4.78 is 0. The van der Waals surface area contributed by atoms with E-state index < -0.39 is 0 Å². The van der Waals surface area contributed by atoms with Gasteiger partial charge in [-0.25, -0.2) is 0 Å². The van der Waals surface area contributed by atoms with Gasteiger partial charge in [-0.1, -0.05) is 13.3 Å².